The van der Waals surface area contributed by atoms with Crippen molar-refractivity contribution in [3.8, 4) is 5.75 Å². The molecule has 112 valence electrons. The molecule has 1 aromatic heterocycles. The SMILES string of the molecule is CC(C)Cc1nc(COc2ccccc2CC(=O)O)no1. The van der Waals surface area contributed by atoms with Crippen LogP contribution in [-0.4, -0.2) is 21.2 Å². The molecule has 0 radical (unpaired) electrons. The van der Waals surface area contributed by atoms with Crippen molar-refractivity contribution in [2.45, 2.75) is 33.3 Å². The Balaban J connectivity index is 1.99. The van der Waals surface area contributed by atoms with Gasteiger partial charge in [-0.3, -0.25) is 4.79 Å². The lowest BCUT2D eigenvalue weighted by Gasteiger charge is -2.08. The molecule has 1 N–H and O–H groups in total. The Bertz CT molecular complexity index is 607. The smallest absolute Gasteiger partial charge is 0.307 e. The van der Waals surface area contributed by atoms with Gasteiger partial charge in [0.1, 0.15) is 5.75 Å². The number of rotatable bonds is 7. The van der Waals surface area contributed by atoms with E-state index in [2.05, 4.69) is 24.0 Å². The van der Waals surface area contributed by atoms with Crippen LogP contribution in [0.5, 0.6) is 5.75 Å². The molecule has 0 aliphatic rings. The van der Waals surface area contributed by atoms with Gasteiger partial charge in [0.25, 0.3) is 0 Å². The van der Waals surface area contributed by atoms with Crippen LogP contribution in [0.2, 0.25) is 0 Å². The van der Waals surface area contributed by atoms with Crippen LogP contribution in [-0.2, 0) is 24.2 Å². The highest BCUT2D eigenvalue weighted by Gasteiger charge is 2.11. The van der Waals surface area contributed by atoms with Gasteiger partial charge in [0.15, 0.2) is 6.61 Å². The van der Waals surface area contributed by atoms with E-state index in [-0.39, 0.29) is 13.0 Å². The van der Waals surface area contributed by atoms with Gasteiger partial charge in [-0.25, -0.2) is 0 Å². The van der Waals surface area contributed by atoms with E-state index in [9.17, 15) is 4.79 Å². The molecule has 0 aliphatic carbocycles. The summed E-state index contributed by atoms with van der Waals surface area (Å²) in [6, 6.07) is 7.03. The number of aliphatic carboxylic acids is 1. The Kier molecular flexibility index (Phi) is 4.92. The van der Waals surface area contributed by atoms with Crippen LogP contribution in [0.4, 0.5) is 0 Å². The van der Waals surface area contributed by atoms with Gasteiger partial charge >= 0.3 is 5.97 Å². The number of carboxylic acids is 1. The molecule has 0 saturated carbocycles. The fourth-order valence-corrected chi connectivity index (χ4v) is 1.88. The average molecular weight is 290 g/mol. The van der Waals surface area contributed by atoms with Crippen LogP contribution in [0.1, 0.15) is 31.1 Å². The predicted molar refractivity (Wildman–Crippen MR) is 75.0 cm³/mol. The predicted octanol–water partition coefficient (Wildman–Crippen LogP) is 2.47. The first-order valence-corrected chi connectivity index (χ1v) is 6.78. The Labute approximate surface area is 122 Å². The van der Waals surface area contributed by atoms with Gasteiger partial charge < -0.3 is 14.4 Å². The fraction of sp³-hybridized carbons (Fsp3) is 0.400. The van der Waals surface area contributed by atoms with Crippen molar-refractivity contribution in [3.63, 3.8) is 0 Å². The zero-order valence-corrected chi connectivity index (χ0v) is 12.1. The van der Waals surface area contributed by atoms with Crippen molar-refractivity contribution >= 4 is 5.97 Å². The highest BCUT2D eigenvalue weighted by molar-refractivity contribution is 5.71. The Morgan fingerprint density at radius 1 is 1.38 bits per heavy atom. The summed E-state index contributed by atoms with van der Waals surface area (Å²) in [5.41, 5.74) is 0.621. The van der Waals surface area contributed by atoms with Gasteiger partial charge in [-0.1, -0.05) is 37.2 Å². The minimum atomic E-state index is -0.898. The molecule has 0 aliphatic heterocycles. The van der Waals surface area contributed by atoms with Gasteiger partial charge in [0, 0.05) is 12.0 Å². The van der Waals surface area contributed by atoms with Crippen LogP contribution in [0, 0.1) is 5.92 Å². The highest BCUT2D eigenvalue weighted by Crippen LogP contribution is 2.19. The van der Waals surface area contributed by atoms with E-state index in [0.717, 1.165) is 6.42 Å². The molecule has 0 atom stereocenters. The van der Waals surface area contributed by atoms with Crippen LogP contribution in [0.25, 0.3) is 0 Å². The lowest BCUT2D eigenvalue weighted by atomic mass is 10.1. The summed E-state index contributed by atoms with van der Waals surface area (Å²) in [6.45, 7) is 4.29. The molecule has 1 heterocycles. The molecule has 2 aromatic rings. The van der Waals surface area contributed by atoms with Crippen molar-refractivity contribution in [1.29, 1.82) is 0 Å². The summed E-state index contributed by atoms with van der Waals surface area (Å²) >= 11 is 0. The number of carboxylic acid groups (broad SMARTS) is 1. The number of ether oxygens (including phenoxy) is 1. The minimum Gasteiger partial charge on any atom is -0.485 e. The van der Waals surface area contributed by atoms with Gasteiger partial charge in [-0.15, -0.1) is 0 Å². The Morgan fingerprint density at radius 2 is 2.14 bits per heavy atom. The van der Waals surface area contributed by atoms with E-state index in [1.807, 2.05) is 0 Å². The first-order chi connectivity index (χ1) is 10.0. The van der Waals surface area contributed by atoms with Crippen molar-refractivity contribution in [2.75, 3.05) is 0 Å². The first-order valence-electron chi connectivity index (χ1n) is 6.78. The second kappa shape index (κ2) is 6.88. The number of hydrogen-bond donors (Lipinski definition) is 1. The monoisotopic (exact) mass is 290 g/mol. The molecule has 0 spiro atoms. The zero-order chi connectivity index (χ0) is 15.2. The first kappa shape index (κ1) is 15.0. The fourth-order valence-electron chi connectivity index (χ4n) is 1.88. The van der Waals surface area contributed by atoms with Crippen molar-refractivity contribution in [2.24, 2.45) is 5.92 Å². The Hall–Kier alpha value is -2.37. The maximum Gasteiger partial charge on any atom is 0.307 e. The van der Waals surface area contributed by atoms with Gasteiger partial charge in [-0.05, 0) is 12.0 Å². The van der Waals surface area contributed by atoms with E-state index in [0.29, 0.717) is 28.9 Å². The van der Waals surface area contributed by atoms with E-state index in [1.54, 1.807) is 24.3 Å². The number of aromatic nitrogens is 2. The number of benzene rings is 1. The third kappa shape index (κ3) is 4.59. The van der Waals surface area contributed by atoms with E-state index in [1.165, 1.54) is 0 Å². The molecule has 0 bridgehead atoms. The molecule has 0 unspecified atom stereocenters. The quantitative estimate of drug-likeness (QED) is 0.843. The largest absolute Gasteiger partial charge is 0.485 e. The molecule has 0 saturated heterocycles. The third-order valence-electron chi connectivity index (χ3n) is 2.76. The third-order valence-corrected chi connectivity index (χ3v) is 2.76. The molecule has 6 nitrogen and oxygen atoms in total. The van der Waals surface area contributed by atoms with Crippen molar-refractivity contribution in [1.82, 2.24) is 10.1 Å². The Morgan fingerprint density at radius 3 is 2.86 bits per heavy atom. The lowest BCUT2D eigenvalue weighted by Crippen LogP contribution is -2.05. The molecular formula is C15H18N2O4. The second-order valence-electron chi connectivity index (χ2n) is 5.17. The number of nitrogens with zero attached hydrogens (tertiary/aromatic N) is 2. The summed E-state index contributed by atoms with van der Waals surface area (Å²) in [5, 5.41) is 12.7. The maximum atomic E-state index is 10.8. The van der Waals surface area contributed by atoms with Crippen LogP contribution >= 0.6 is 0 Å². The standard InChI is InChI=1S/C15H18N2O4/c1-10(2)7-14-16-13(17-21-14)9-20-12-6-4-3-5-11(12)8-15(18)19/h3-6,10H,7-9H2,1-2H3,(H,18,19). The molecule has 2 rings (SSSR count). The number of carbonyl (C=O) groups is 1. The van der Waals surface area contributed by atoms with Gasteiger partial charge in [0.05, 0.1) is 6.42 Å². The summed E-state index contributed by atoms with van der Waals surface area (Å²) in [4.78, 5) is 15.0. The summed E-state index contributed by atoms with van der Waals surface area (Å²) < 4.78 is 10.7. The zero-order valence-electron chi connectivity index (χ0n) is 12.1. The van der Waals surface area contributed by atoms with Crippen molar-refractivity contribution in [3.05, 3.63) is 41.5 Å². The minimum absolute atomic E-state index is 0.0823. The lowest BCUT2D eigenvalue weighted by molar-refractivity contribution is -0.136. The van der Waals surface area contributed by atoms with E-state index < -0.39 is 5.97 Å². The number of hydrogen-bond acceptors (Lipinski definition) is 5. The molecule has 6 heteroatoms. The normalized spacial score (nSPS) is 10.8. The number of para-hydroxylation sites is 1. The van der Waals surface area contributed by atoms with Crippen LogP contribution in [0.3, 0.4) is 0 Å². The second-order valence-corrected chi connectivity index (χ2v) is 5.17. The van der Waals surface area contributed by atoms with Crippen molar-refractivity contribution < 1.29 is 19.2 Å². The molecular weight excluding hydrogens is 272 g/mol. The van der Waals surface area contributed by atoms with Gasteiger partial charge in [0.2, 0.25) is 11.7 Å². The molecule has 1 aromatic carbocycles. The topological polar surface area (TPSA) is 85.5 Å². The maximum absolute atomic E-state index is 10.8. The highest BCUT2D eigenvalue weighted by atomic mass is 16.5. The van der Waals surface area contributed by atoms with Gasteiger partial charge in [-0.2, -0.15) is 4.98 Å². The van der Waals surface area contributed by atoms with Crippen LogP contribution in [0.15, 0.2) is 28.8 Å². The molecule has 0 fully saturated rings. The van der Waals surface area contributed by atoms with Crippen LogP contribution < -0.4 is 4.74 Å². The van der Waals surface area contributed by atoms with E-state index in [4.69, 9.17) is 14.4 Å². The molecule has 21 heavy (non-hydrogen) atoms. The molecule has 0 amide bonds. The van der Waals surface area contributed by atoms with E-state index >= 15 is 0 Å². The summed E-state index contributed by atoms with van der Waals surface area (Å²) in [6.07, 6.45) is 0.642. The summed E-state index contributed by atoms with van der Waals surface area (Å²) in [7, 11) is 0. The average Bonchev–Trinajstić information content (AvgIpc) is 2.84. The summed E-state index contributed by atoms with van der Waals surface area (Å²) in [5.74, 6) is 1.11.